The molecule has 1 aliphatic rings. The highest BCUT2D eigenvalue weighted by Crippen LogP contribution is 2.18. The molecule has 82 valence electrons. The third-order valence-corrected chi connectivity index (χ3v) is 2.91. The lowest BCUT2D eigenvalue weighted by Gasteiger charge is -2.17. The molecule has 3 heteroatoms. The van der Waals surface area contributed by atoms with E-state index in [1.165, 1.54) is 11.4 Å². The standard InChI is InChI=1S/C12H19N3/c1-2-3-11-4-5-12(8-14-11)15-7-6-10(13)9-15/h4-5,8,10H,2-3,6-7,9,13H2,1H3/t10-/m1/s1. The van der Waals surface area contributed by atoms with E-state index in [1.807, 2.05) is 6.20 Å². The van der Waals surface area contributed by atoms with Crippen molar-refractivity contribution in [3.63, 3.8) is 0 Å². The van der Waals surface area contributed by atoms with Crippen LogP contribution in [-0.4, -0.2) is 24.1 Å². The van der Waals surface area contributed by atoms with Crippen LogP contribution in [0.4, 0.5) is 5.69 Å². The summed E-state index contributed by atoms with van der Waals surface area (Å²) in [7, 11) is 0. The van der Waals surface area contributed by atoms with Crippen molar-refractivity contribution in [2.24, 2.45) is 5.73 Å². The molecule has 0 radical (unpaired) electrons. The Balaban J connectivity index is 2.03. The molecular formula is C12H19N3. The zero-order chi connectivity index (χ0) is 10.7. The molecule has 0 aliphatic carbocycles. The minimum atomic E-state index is 0.334. The van der Waals surface area contributed by atoms with Crippen LogP contribution in [0.1, 0.15) is 25.5 Å². The van der Waals surface area contributed by atoms with Gasteiger partial charge in [0.2, 0.25) is 0 Å². The van der Waals surface area contributed by atoms with Gasteiger partial charge in [0.1, 0.15) is 0 Å². The number of hydrogen-bond acceptors (Lipinski definition) is 3. The molecule has 0 saturated carbocycles. The van der Waals surface area contributed by atoms with Gasteiger partial charge in [0.15, 0.2) is 0 Å². The van der Waals surface area contributed by atoms with Crippen molar-refractivity contribution in [1.29, 1.82) is 0 Å². The van der Waals surface area contributed by atoms with Gasteiger partial charge in [0.25, 0.3) is 0 Å². The predicted molar refractivity (Wildman–Crippen MR) is 63.0 cm³/mol. The van der Waals surface area contributed by atoms with E-state index in [4.69, 9.17) is 5.73 Å². The molecule has 2 rings (SSSR count). The number of aryl methyl sites for hydroxylation is 1. The lowest BCUT2D eigenvalue weighted by Crippen LogP contribution is -2.26. The average molecular weight is 205 g/mol. The Morgan fingerprint density at radius 3 is 2.93 bits per heavy atom. The van der Waals surface area contributed by atoms with Crippen LogP contribution in [0.25, 0.3) is 0 Å². The topological polar surface area (TPSA) is 42.1 Å². The van der Waals surface area contributed by atoms with Crippen LogP contribution in [0.2, 0.25) is 0 Å². The monoisotopic (exact) mass is 205 g/mol. The third kappa shape index (κ3) is 2.48. The maximum Gasteiger partial charge on any atom is 0.0553 e. The van der Waals surface area contributed by atoms with Crippen molar-refractivity contribution >= 4 is 5.69 Å². The van der Waals surface area contributed by atoms with Crippen LogP contribution >= 0.6 is 0 Å². The van der Waals surface area contributed by atoms with E-state index in [0.717, 1.165) is 32.4 Å². The fourth-order valence-electron chi connectivity index (χ4n) is 2.03. The zero-order valence-electron chi connectivity index (χ0n) is 9.32. The summed E-state index contributed by atoms with van der Waals surface area (Å²) in [5.41, 5.74) is 8.27. The first kappa shape index (κ1) is 10.4. The summed E-state index contributed by atoms with van der Waals surface area (Å²) in [6, 6.07) is 4.62. The molecule has 1 aromatic heterocycles. The van der Waals surface area contributed by atoms with E-state index in [0.29, 0.717) is 6.04 Å². The molecule has 0 unspecified atom stereocenters. The molecule has 0 bridgehead atoms. The molecular weight excluding hydrogens is 186 g/mol. The van der Waals surface area contributed by atoms with Gasteiger partial charge in [-0.3, -0.25) is 4.98 Å². The fourth-order valence-corrected chi connectivity index (χ4v) is 2.03. The largest absolute Gasteiger partial charge is 0.369 e. The molecule has 15 heavy (non-hydrogen) atoms. The summed E-state index contributed by atoms with van der Waals surface area (Å²) in [6.07, 6.45) is 5.29. The normalized spacial score (nSPS) is 20.9. The van der Waals surface area contributed by atoms with Crippen molar-refractivity contribution in [2.45, 2.75) is 32.2 Å². The van der Waals surface area contributed by atoms with Crippen molar-refractivity contribution < 1.29 is 0 Å². The quantitative estimate of drug-likeness (QED) is 0.814. The number of nitrogens with zero attached hydrogens (tertiary/aromatic N) is 2. The second-order valence-electron chi connectivity index (χ2n) is 4.25. The second-order valence-corrected chi connectivity index (χ2v) is 4.25. The minimum Gasteiger partial charge on any atom is -0.369 e. The lowest BCUT2D eigenvalue weighted by molar-refractivity contribution is 0.752. The number of nitrogens with two attached hydrogens (primary N) is 1. The van der Waals surface area contributed by atoms with E-state index >= 15 is 0 Å². The summed E-state index contributed by atoms with van der Waals surface area (Å²) >= 11 is 0. The molecule has 2 N–H and O–H groups in total. The van der Waals surface area contributed by atoms with E-state index in [9.17, 15) is 0 Å². The first-order valence-corrected chi connectivity index (χ1v) is 5.75. The first-order chi connectivity index (χ1) is 7.29. The highest BCUT2D eigenvalue weighted by Gasteiger charge is 2.19. The van der Waals surface area contributed by atoms with Gasteiger partial charge < -0.3 is 10.6 Å². The Labute approximate surface area is 91.3 Å². The fraction of sp³-hybridized carbons (Fsp3) is 0.583. The first-order valence-electron chi connectivity index (χ1n) is 5.75. The van der Waals surface area contributed by atoms with Crippen molar-refractivity contribution in [3.05, 3.63) is 24.0 Å². The van der Waals surface area contributed by atoms with Crippen LogP contribution < -0.4 is 10.6 Å². The predicted octanol–water partition coefficient (Wildman–Crippen LogP) is 1.57. The molecule has 1 fully saturated rings. The summed E-state index contributed by atoms with van der Waals surface area (Å²) in [6.45, 7) is 4.21. The van der Waals surface area contributed by atoms with E-state index in [2.05, 4.69) is 28.9 Å². The molecule has 3 nitrogen and oxygen atoms in total. The summed E-state index contributed by atoms with van der Waals surface area (Å²) in [4.78, 5) is 6.77. The maximum atomic E-state index is 5.88. The summed E-state index contributed by atoms with van der Waals surface area (Å²) < 4.78 is 0. The van der Waals surface area contributed by atoms with E-state index < -0.39 is 0 Å². The van der Waals surface area contributed by atoms with Gasteiger partial charge in [-0.05, 0) is 25.0 Å². The van der Waals surface area contributed by atoms with Gasteiger partial charge in [-0.15, -0.1) is 0 Å². The molecule has 0 spiro atoms. The molecule has 1 saturated heterocycles. The third-order valence-electron chi connectivity index (χ3n) is 2.91. The van der Waals surface area contributed by atoms with Crippen LogP contribution in [0, 0.1) is 0 Å². The van der Waals surface area contributed by atoms with E-state index in [1.54, 1.807) is 0 Å². The van der Waals surface area contributed by atoms with Gasteiger partial charge in [-0.2, -0.15) is 0 Å². The molecule has 1 atom stereocenters. The van der Waals surface area contributed by atoms with Gasteiger partial charge in [0, 0.05) is 24.8 Å². The maximum absolute atomic E-state index is 5.88. The zero-order valence-corrected chi connectivity index (χ0v) is 9.32. The van der Waals surface area contributed by atoms with Gasteiger partial charge in [0.05, 0.1) is 11.9 Å². The number of hydrogen-bond donors (Lipinski definition) is 1. The Morgan fingerprint density at radius 1 is 1.53 bits per heavy atom. The molecule has 1 aliphatic heterocycles. The summed E-state index contributed by atoms with van der Waals surface area (Å²) in [5.74, 6) is 0. The number of pyridine rings is 1. The minimum absolute atomic E-state index is 0.334. The van der Waals surface area contributed by atoms with Crippen LogP contribution in [0.5, 0.6) is 0 Å². The Morgan fingerprint density at radius 2 is 2.40 bits per heavy atom. The molecule has 0 amide bonds. The smallest absolute Gasteiger partial charge is 0.0553 e. The van der Waals surface area contributed by atoms with Crippen LogP contribution in [0.3, 0.4) is 0 Å². The van der Waals surface area contributed by atoms with Crippen LogP contribution in [0.15, 0.2) is 18.3 Å². The summed E-state index contributed by atoms with van der Waals surface area (Å²) in [5, 5.41) is 0. The SMILES string of the molecule is CCCc1ccc(N2CC[C@@H](N)C2)cn1. The number of aromatic nitrogens is 1. The van der Waals surface area contributed by atoms with Gasteiger partial charge >= 0.3 is 0 Å². The lowest BCUT2D eigenvalue weighted by atomic mass is 10.2. The Hall–Kier alpha value is -1.09. The van der Waals surface area contributed by atoms with Crippen molar-refractivity contribution in [3.8, 4) is 0 Å². The van der Waals surface area contributed by atoms with Crippen LogP contribution in [-0.2, 0) is 6.42 Å². The number of anilines is 1. The number of rotatable bonds is 3. The molecule has 0 aromatic carbocycles. The van der Waals surface area contributed by atoms with Gasteiger partial charge in [-0.25, -0.2) is 0 Å². The van der Waals surface area contributed by atoms with Crippen molar-refractivity contribution in [1.82, 2.24) is 4.98 Å². The highest BCUT2D eigenvalue weighted by atomic mass is 15.2. The second kappa shape index (κ2) is 4.62. The van der Waals surface area contributed by atoms with Crippen molar-refractivity contribution in [2.75, 3.05) is 18.0 Å². The Kier molecular flexibility index (Phi) is 3.21. The van der Waals surface area contributed by atoms with Gasteiger partial charge in [-0.1, -0.05) is 13.3 Å². The highest BCUT2D eigenvalue weighted by molar-refractivity contribution is 5.45. The molecule has 2 heterocycles. The van der Waals surface area contributed by atoms with E-state index in [-0.39, 0.29) is 0 Å². The average Bonchev–Trinajstić information content (AvgIpc) is 2.67. The molecule has 1 aromatic rings. The Bertz CT molecular complexity index is 307.